The Bertz CT molecular complexity index is 974. The number of halogens is 1. The Morgan fingerprint density at radius 1 is 1.04 bits per heavy atom. The van der Waals surface area contributed by atoms with E-state index in [0.29, 0.717) is 21.9 Å². The summed E-state index contributed by atoms with van der Waals surface area (Å²) in [6.45, 7) is 0. The lowest BCUT2D eigenvalue weighted by Gasteiger charge is -2.25. The second-order valence-corrected chi connectivity index (χ2v) is 6.59. The van der Waals surface area contributed by atoms with E-state index in [1.165, 1.54) is 5.01 Å². The summed E-state index contributed by atoms with van der Waals surface area (Å²) in [7, 11) is 0. The average Bonchev–Trinajstić information content (AvgIpc) is 2.64. The van der Waals surface area contributed by atoms with E-state index in [9.17, 15) is 10.0 Å². The zero-order valence-electron chi connectivity index (χ0n) is 13.4. The Hall–Kier alpha value is -2.66. The molecule has 0 atom stereocenters. The molecule has 0 unspecified atom stereocenters. The van der Waals surface area contributed by atoms with Crippen LogP contribution >= 0.6 is 11.6 Å². The molecule has 1 aromatic heterocycles. The van der Waals surface area contributed by atoms with Crippen molar-refractivity contribution >= 4 is 33.9 Å². The van der Waals surface area contributed by atoms with Crippen molar-refractivity contribution in [1.29, 1.82) is 0 Å². The van der Waals surface area contributed by atoms with Gasteiger partial charge in [-0.05, 0) is 73.2 Å². The molecule has 0 bridgehead atoms. The third kappa shape index (κ3) is 2.70. The molecule has 0 amide bonds. The number of pyridine rings is 1. The van der Waals surface area contributed by atoms with Crippen molar-refractivity contribution in [2.24, 2.45) is 5.29 Å². The fraction of sp³-hybridized carbons (Fsp3) is 0.211. The number of fused-ring (bicyclic) bond motifs is 2. The maximum Gasteiger partial charge on any atom is 0.119 e. The minimum atomic E-state index is 0.288. The van der Waals surface area contributed by atoms with E-state index in [2.05, 4.69) is 10.3 Å². The zero-order valence-corrected chi connectivity index (χ0v) is 14.2. The van der Waals surface area contributed by atoms with Crippen LogP contribution in [0.3, 0.4) is 0 Å². The number of rotatable bonds is 3. The lowest BCUT2D eigenvalue weighted by Crippen LogP contribution is -2.14. The minimum absolute atomic E-state index is 0.288. The highest BCUT2D eigenvalue weighted by Gasteiger charge is 2.23. The molecular formula is C19H16ClN3O2. The van der Waals surface area contributed by atoms with Crippen molar-refractivity contribution in [2.45, 2.75) is 25.7 Å². The predicted octanol–water partition coefficient (Wildman–Crippen LogP) is 5.29. The molecule has 6 heteroatoms. The lowest BCUT2D eigenvalue weighted by molar-refractivity contribution is 0.462. The Morgan fingerprint density at radius 3 is 2.64 bits per heavy atom. The molecule has 1 aliphatic rings. The molecular weight excluding hydrogens is 338 g/mol. The molecule has 0 saturated carbocycles. The van der Waals surface area contributed by atoms with Gasteiger partial charge in [0.1, 0.15) is 5.75 Å². The molecule has 1 aliphatic carbocycles. The standard InChI is InChI=1S/C19H16ClN3O2/c20-12-5-6-15-16(11-12)21-10-9-18(15)23(22-25)17-7-8-19(24)14-4-2-1-3-13(14)17/h5-11,24H,1-4H2. The maximum atomic E-state index is 11.8. The molecule has 3 aromatic rings. The minimum Gasteiger partial charge on any atom is -0.508 e. The monoisotopic (exact) mass is 353 g/mol. The average molecular weight is 354 g/mol. The number of anilines is 2. The summed E-state index contributed by atoms with van der Waals surface area (Å²) in [5, 5.41) is 16.2. The van der Waals surface area contributed by atoms with Crippen molar-refractivity contribution in [1.82, 2.24) is 4.98 Å². The SMILES string of the molecule is O=NN(c1ccc(O)c2c1CCCC2)c1ccnc2cc(Cl)ccc12. The molecule has 126 valence electrons. The largest absolute Gasteiger partial charge is 0.508 e. The molecule has 0 spiro atoms. The number of phenolic OH excluding ortho intramolecular Hbond substituents is 1. The number of nitrogens with zero attached hydrogens (tertiary/aromatic N) is 3. The van der Waals surface area contributed by atoms with Gasteiger partial charge < -0.3 is 5.11 Å². The van der Waals surface area contributed by atoms with Crippen LogP contribution in [0.25, 0.3) is 10.9 Å². The van der Waals surface area contributed by atoms with Gasteiger partial charge in [-0.15, -0.1) is 4.91 Å². The summed E-state index contributed by atoms with van der Waals surface area (Å²) in [5.41, 5.74) is 3.97. The topological polar surface area (TPSA) is 65.8 Å². The van der Waals surface area contributed by atoms with Crippen LogP contribution in [0.4, 0.5) is 11.4 Å². The lowest BCUT2D eigenvalue weighted by atomic mass is 9.89. The van der Waals surface area contributed by atoms with Gasteiger partial charge >= 0.3 is 0 Å². The van der Waals surface area contributed by atoms with E-state index in [4.69, 9.17) is 11.6 Å². The van der Waals surface area contributed by atoms with Crippen molar-refractivity contribution in [3.63, 3.8) is 0 Å². The van der Waals surface area contributed by atoms with Crippen LogP contribution in [-0.4, -0.2) is 10.1 Å². The smallest absolute Gasteiger partial charge is 0.119 e. The van der Waals surface area contributed by atoms with Gasteiger partial charge in [-0.1, -0.05) is 11.6 Å². The molecule has 0 fully saturated rings. The van der Waals surface area contributed by atoms with Gasteiger partial charge in [-0.25, -0.2) is 0 Å². The highest BCUT2D eigenvalue weighted by molar-refractivity contribution is 6.31. The van der Waals surface area contributed by atoms with Crippen LogP contribution in [0.15, 0.2) is 47.9 Å². The summed E-state index contributed by atoms with van der Waals surface area (Å²) < 4.78 is 0. The molecule has 5 nitrogen and oxygen atoms in total. The number of benzene rings is 2. The van der Waals surface area contributed by atoms with Crippen LogP contribution in [0.1, 0.15) is 24.0 Å². The summed E-state index contributed by atoms with van der Waals surface area (Å²) >= 11 is 6.05. The number of phenols is 1. The Morgan fingerprint density at radius 2 is 1.84 bits per heavy atom. The molecule has 1 N–H and O–H groups in total. The number of nitroso groups, excluding NO2 is 1. The highest BCUT2D eigenvalue weighted by Crippen LogP contribution is 2.40. The van der Waals surface area contributed by atoms with E-state index >= 15 is 0 Å². The van der Waals surface area contributed by atoms with Gasteiger partial charge in [0.05, 0.1) is 22.2 Å². The summed E-state index contributed by atoms with van der Waals surface area (Å²) in [6, 6.07) is 10.5. The van der Waals surface area contributed by atoms with E-state index in [1.807, 2.05) is 6.07 Å². The van der Waals surface area contributed by atoms with Crippen molar-refractivity contribution in [3.8, 4) is 5.75 Å². The van der Waals surface area contributed by atoms with Crippen LogP contribution in [0, 0.1) is 4.91 Å². The Balaban J connectivity index is 1.92. The molecule has 0 saturated heterocycles. The first kappa shape index (κ1) is 15.8. The summed E-state index contributed by atoms with van der Waals surface area (Å²) in [6.07, 6.45) is 5.34. The predicted molar refractivity (Wildman–Crippen MR) is 99.4 cm³/mol. The Kier molecular flexibility index (Phi) is 4.01. The molecule has 0 aliphatic heterocycles. The number of hydrogen-bond donors (Lipinski definition) is 1. The van der Waals surface area contributed by atoms with E-state index < -0.39 is 0 Å². The fourth-order valence-electron chi connectivity index (χ4n) is 3.54. The normalized spacial score (nSPS) is 13.5. The molecule has 1 heterocycles. The fourth-order valence-corrected chi connectivity index (χ4v) is 3.70. The van der Waals surface area contributed by atoms with E-state index in [-0.39, 0.29) is 5.75 Å². The first-order valence-corrected chi connectivity index (χ1v) is 8.58. The number of hydrogen-bond acceptors (Lipinski definition) is 4. The number of aromatic hydroxyl groups is 1. The third-order valence-electron chi connectivity index (χ3n) is 4.71. The van der Waals surface area contributed by atoms with Crippen LogP contribution < -0.4 is 5.01 Å². The third-order valence-corrected chi connectivity index (χ3v) is 4.94. The zero-order chi connectivity index (χ0) is 17.4. The Labute approximate surface area is 149 Å². The van der Waals surface area contributed by atoms with Crippen molar-refractivity contribution in [2.75, 3.05) is 5.01 Å². The quantitative estimate of drug-likeness (QED) is 0.513. The van der Waals surface area contributed by atoms with Gasteiger partial charge in [-0.2, -0.15) is 5.01 Å². The van der Waals surface area contributed by atoms with Crippen molar-refractivity contribution < 1.29 is 5.11 Å². The van der Waals surface area contributed by atoms with Crippen LogP contribution in [-0.2, 0) is 12.8 Å². The van der Waals surface area contributed by atoms with Gasteiger partial charge in [-0.3, -0.25) is 4.98 Å². The van der Waals surface area contributed by atoms with E-state index in [0.717, 1.165) is 42.2 Å². The number of aromatic nitrogens is 1. The first-order valence-electron chi connectivity index (χ1n) is 8.20. The van der Waals surface area contributed by atoms with Crippen LogP contribution in [0.2, 0.25) is 5.02 Å². The second-order valence-electron chi connectivity index (χ2n) is 6.15. The maximum absolute atomic E-state index is 11.8. The molecule has 0 radical (unpaired) electrons. The first-order chi connectivity index (χ1) is 12.2. The summed E-state index contributed by atoms with van der Waals surface area (Å²) in [4.78, 5) is 16.1. The second kappa shape index (κ2) is 6.33. The molecule has 2 aromatic carbocycles. The molecule has 4 rings (SSSR count). The van der Waals surface area contributed by atoms with E-state index in [1.54, 1.807) is 36.5 Å². The molecule has 25 heavy (non-hydrogen) atoms. The van der Waals surface area contributed by atoms with Gasteiger partial charge in [0.25, 0.3) is 0 Å². The van der Waals surface area contributed by atoms with Gasteiger partial charge in [0.2, 0.25) is 0 Å². The van der Waals surface area contributed by atoms with Gasteiger partial charge in [0.15, 0.2) is 0 Å². The van der Waals surface area contributed by atoms with Crippen molar-refractivity contribution in [3.05, 3.63) is 63.7 Å². The van der Waals surface area contributed by atoms with Crippen LogP contribution in [0.5, 0.6) is 5.75 Å². The highest BCUT2D eigenvalue weighted by atomic mass is 35.5. The van der Waals surface area contributed by atoms with Gasteiger partial charge in [0, 0.05) is 16.6 Å². The summed E-state index contributed by atoms with van der Waals surface area (Å²) in [5.74, 6) is 0.288.